The second-order valence-corrected chi connectivity index (χ2v) is 4.70. The van der Waals surface area contributed by atoms with E-state index in [4.69, 9.17) is 11.6 Å². The molecule has 4 heteroatoms. The van der Waals surface area contributed by atoms with Crippen molar-refractivity contribution in [3.63, 3.8) is 0 Å². The minimum absolute atomic E-state index is 0. The third-order valence-corrected chi connectivity index (χ3v) is 3.17. The highest BCUT2D eigenvalue weighted by Gasteiger charge is 2.05. The minimum Gasteiger partial charge on any atom is -0.313 e. The van der Waals surface area contributed by atoms with Crippen LogP contribution in [0.25, 0.3) is 0 Å². The van der Waals surface area contributed by atoms with Crippen LogP contribution in [0.3, 0.4) is 0 Å². The van der Waals surface area contributed by atoms with Crippen molar-refractivity contribution in [2.45, 2.75) is 45.6 Å². The Bertz CT molecular complexity index is 311. The summed E-state index contributed by atoms with van der Waals surface area (Å²) < 4.78 is 13.4. The molecule has 0 radical (unpaired) electrons. The van der Waals surface area contributed by atoms with Gasteiger partial charge in [0.25, 0.3) is 0 Å². The lowest BCUT2D eigenvalue weighted by molar-refractivity contribution is 0.561. The van der Waals surface area contributed by atoms with Gasteiger partial charge in [-0.25, -0.2) is 4.39 Å². The Kier molecular flexibility index (Phi) is 10.4. The van der Waals surface area contributed by atoms with Crippen LogP contribution in [0.4, 0.5) is 4.39 Å². The Morgan fingerprint density at radius 3 is 2.56 bits per heavy atom. The monoisotopic (exact) mass is 293 g/mol. The van der Waals surface area contributed by atoms with E-state index in [1.54, 1.807) is 12.1 Å². The smallest absolute Gasteiger partial charge is 0.129 e. The molecule has 0 aromatic heterocycles. The summed E-state index contributed by atoms with van der Waals surface area (Å²) in [5.41, 5.74) is 0.572. The maximum absolute atomic E-state index is 13.4. The Morgan fingerprint density at radius 2 is 1.89 bits per heavy atom. The molecule has 1 rings (SSSR count). The first-order chi connectivity index (χ1) is 8.25. The van der Waals surface area contributed by atoms with Crippen molar-refractivity contribution in [1.29, 1.82) is 0 Å². The first-order valence-electron chi connectivity index (χ1n) is 6.39. The summed E-state index contributed by atoms with van der Waals surface area (Å²) in [4.78, 5) is 0. The van der Waals surface area contributed by atoms with E-state index in [0.717, 1.165) is 13.0 Å². The second kappa shape index (κ2) is 10.6. The molecule has 1 aromatic rings. The Hall–Kier alpha value is -0.310. The van der Waals surface area contributed by atoms with E-state index < -0.39 is 0 Å². The molecule has 0 heterocycles. The van der Waals surface area contributed by atoms with E-state index in [-0.39, 0.29) is 18.2 Å². The quantitative estimate of drug-likeness (QED) is 0.668. The largest absolute Gasteiger partial charge is 0.313 e. The van der Waals surface area contributed by atoms with Gasteiger partial charge in [0.15, 0.2) is 0 Å². The third-order valence-electron chi connectivity index (χ3n) is 2.82. The predicted octanol–water partition coefficient (Wildman–Crippen LogP) is 4.96. The van der Waals surface area contributed by atoms with Crippen LogP contribution in [0.1, 0.15) is 44.6 Å². The molecule has 1 aromatic carbocycles. The molecule has 1 N–H and O–H groups in total. The number of hydrogen-bond donors (Lipinski definition) is 1. The fourth-order valence-electron chi connectivity index (χ4n) is 1.77. The van der Waals surface area contributed by atoms with Gasteiger partial charge < -0.3 is 5.32 Å². The zero-order valence-corrected chi connectivity index (χ0v) is 12.4. The molecule has 0 bridgehead atoms. The van der Waals surface area contributed by atoms with E-state index in [0.29, 0.717) is 17.1 Å². The summed E-state index contributed by atoms with van der Waals surface area (Å²) >= 11 is 5.93. The average molecular weight is 294 g/mol. The van der Waals surface area contributed by atoms with Crippen LogP contribution >= 0.6 is 24.0 Å². The molecule has 1 nitrogen and oxygen atoms in total. The fraction of sp³-hybridized carbons (Fsp3) is 0.571. The first kappa shape index (κ1) is 17.7. The summed E-state index contributed by atoms with van der Waals surface area (Å²) in [5.74, 6) is -0.226. The van der Waals surface area contributed by atoms with E-state index in [9.17, 15) is 4.39 Å². The highest BCUT2D eigenvalue weighted by Crippen LogP contribution is 2.18. The summed E-state index contributed by atoms with van der Waals surface area (Å²) in [7, 11) is 0. The van der Waals surface area contributed by atoms with Crippen molar-refractivity contribution in [3.05, 3.63) is 34.6 Å². The Balaban J connectivity index is 0.00000289. The molecule has 0 atom stereocenters. The number of hydrogen-bond acceptors (Lipinski definition) is 1. The van der Waals surface area contributed by atoms with Gasteiger partial charge >= 0.3 is 0 Å². The normalized spacial score (nSPS) is 10.2. The Labute approximate surface area is 121 Å². The number of nitrogens with one attached hydrogen (secondary N) is 1. The predicted molar refractivity (Wildman–Crippen MR) is 79.1 cm³/mol. The van der Waals surface area contributed by atoms with Gasteiger partial charge in [0.1, 0.15) is 5.82 Å². The van der Waals surface area contributed by atoms with E-state index >= 15 is 0 Å². The topological polar surface area (TPSA) is 12.0 Å². The zero-order valence-electron chi connectivity index (χ0n) is 10.8. The van der Waals surface area contributed by atoms with Crippen LogP contribution < -0.4 is 5.32 Å². The summed E-state index contributed by atoms with van der Waals surface area (Å²) in [5, 5.41) is 3.74. The Morgan fingerprint density at radius 1 is 1.17 bits per heavy atom. The molecule has 0 aliphatic heterocycles. The number of benzene rings is 1. The molecule has 104 valence electrons. The summed E-state index contributed by atoms with van der Waals surface area (Å²) in [6.45, 7) is 3.64. The van der Waals surface area contributed by atoms with Crippen LogP contribution in [0.15, 0.2) is 18.2 Å². The number of unbranched alkanes of at least 4 members (excludes halogenated alkanes) is 4. The minimum atomic E-state index is -0.226. The number of rotatable bonds is 8. The fourth-order valence-corrected chi connectivity index (χ4v) is 2.00. The average Bonchev–Trinajstić information content (AvgIpc) is 2.31. The van der Waals surface area contributed by atoms with E-state index in [2.05, 4.69) is 12.2 Å². The van der Waals surface area contributed by atoms with Gasteiger partial charge in [-0.15, -0.1) is 12.4 Å². The van der Waals surface area contributed by atoms with Crippen molar-refractivity contribution in [2.75, 3.05) is 6.54 Å². The number of halogens is 3. The lowest BCUT2D eigenvalue weighted by atomic mass is 10.1. The molecule has 0 saturated carbocycles. The van der Waals surface area contributed by atoms with Gasteiger partial charge in [0.05, 0.1) is 0 Å². The van der Waals surface area contributed by atoms with Crippen molar-refractivity contribution in [2.24, 2.45) is 0 Å². The molecule has 0 saturated heterocycles. The van der Waals surface area contributed by atoms with Crippen LogP contribution in [-0.2, 0) is 6.54 Å². The van der Waals surface area contributed by atoms with Crippen molar-refractivity contribution < 1.29 is 4.39 Å². The van der Waals surface area contributed by atoms with Crippen LogP contribution in [0.2, 0.25) is 5.02 Å². The highest BCUT2D eigenvalue weighted by atomic mass is 35.5. The van der Waals surface area contributed by atoms with E-state index in [1.165, 1.54) is 31.7 Å². The van der Waals surface area contributed by atoms with Crippen LogP contribution in [-0.4, -0.2) is 6.54 Å². The molecule has 0 unspecified atom stereocenters. The SMILES string of the molecule is CCCCCCCNCc1c(F)cccc1Cl.Cl. The summed E-state index contributed by atoms with van der Waals surface area (Å²) in [6, 6.07) is 4.80. The van der Waals surface area contributed by atoms with Crippen molar-refractivity contribution in [1.82, 2.24) is 5.32 Å². The van der Waals surface area contributed by atoms with Gasteiger partial charge in [0, 0.05) is 17.1 Å². The molecule has 0 aliphatic rings. The molecule has 0 fully saturated rings. The zero-order chi connectivity index (χ0) is 12.5. The van der Waals surface area contributed by atoms with Gasteiger partial charge in [-0.2, -0.15) is 0 Å². The van der Waals surface area contributed by atoms with Crippen molar-refractivity contribution >= 4 is 24.0 Å². The standard InChI is InChI=1S/C14H21ClFN.ClH/c1-2-3-4-5-6-10-17-11-12-13(15)8-7-9-14(12)16;/h7-9,17H,2-6,10-11H2,1H3;1H. The van der Waals surface area contributed by atoms with Gasteiger partial charge in [-0.05, 0) is 25.1 Å². The molecule has 0 amide bonds. The molecule has 0 aliphatic carbocycles. The molecule has 0 spiro atoms. The van der Waals surface area contributed by atoms with E-state index in [1.807, 2.05) is 0 Å². The van der Waals surface area contributed by atoms with Crippen molar-refractivity contribution in [3.8, 4) is 0 Å². The van der Waals surface area contributed by atoms with Gasteiger partial charge in [0.2, 0.25) is 0 Å². The molecule has 18 heavy (non-hydrogen) atoms. The molecular weight excluding hydrogens is 272 g/mol. The lowest BCUT2D eigenvalue weighted by Gasteiger charge is -2.07. The molecular formula is C14H22Cl2FN. The van der Waals surface area contributed by atoms with Gasteiger partial charge in [-0.3, -0.25) is 0 Å². The highest BCUT2D eigenvalue weighted by molar-refractivity contribution is 6.31. The third kappa shape index (κ3) is 6.58. The second-order valence-electron chi connectivity index (χ2n) is 4.29. The van der Waals surface area contributed by atoms with Crippen LogP contribution in [0, 0.1) is 5.82 Å². The lowest BCUT2D eigenvalue weighted by Crippen LogP contribution is -2.15. The maximum Gasteiger partial charge on any atom is 0.129 e. The summed E-state index contributed by atoms with van der Waals surface area (Å²) in [6.07, 6.45) is 6.24. The van der Waals surface area contributed by atoms with Gasteiger partial charge in [-0.1, -0.05) is 50.3 Å². The maximum atomic E-state index is 13.4. The first-order valence-corrected chi connectivity index (χ1v) is 6.77. The van der Waals surface area contributed by atoms with Crippen LogP contribution in [0.5, 0.6) is 0 Å².